The predicted octanol–water partition coefficient (Wildman–Crippen LogP) is 0.402. The number of carbonyl (C=O) groups excluding carboxylic acids is 1. The summed E-state index contributed by atoms with van der Waals surface area (Å²) in [5.74, 6) is -1.44. The van der Waals surface area contributed by atoms with Crippen molar-refractivity contribution in [3.63, 3.8) is 0 Å². The Labute approximate surface area is 117 Å². The van der Waals surface area contributed by atoms with Gasteiger partial charge in [-0.1, -0.05) is 5.11 Å². The average molecular weight is 287 g/mol. The normalized spacial score (nSPS) is 11.4. The van der Waals surface area contributed by atoms with Gasteiger partial charge in [0.25, 0.3) is 0 Å². The maximum atomic E-state index is 11.5. The second kappa shape index (κ2) is 12.2. The Morgan fingerprint density at radius 2 is 2.15 bits per heavy atom. The molecule has 0 unspecified atom stereocenters. The molecular formula is C11H21N5O4. The molecule has 1 atom stereocenters. The fraction of sp³-hybridized carbons (Fsp3) is 0.818. The van der Waals surface area contributed by atoms with Crippen molar-refractivity contribution < 1.29 is 19.4 Å². The number of unbranched alkanes of at least 4 members (excludes halogenated alkanes) is 1. The summed E-state index contributed by atoms with van der Waals surface area (Å²) in [5.41, 5.74) is 13.4. The van der Waals surface area contributed by atoms with Crippen LogP contribution in [0.5, 0.6) is 0 Å². The van der Waals surface area contributed by atoms with Gasteiger partial charge in [-0.25, -0.2) is 4.79 Å². The monoisotopic (exact) mass is 287 g/mol. The summed E-state index contributed by atoms with van der Waals surface area (Å²) < 4.78 is 5.06. The van der Waals surface area contributed by atoms with Crippen LogP contribution >= 0.6 is 0 Å². The Balaban J connectivity index is 3.83. The average Bonchev–Trinajstić information content (AvgIpc) is 2.41. The lowest BCUT2D eigenvalue weighted by Crippen LogP contribution is -2.41. The molecule has 9 heteroatoms. The quantitative estimate of drug-likeness (QED) is 0.205. The van der Waals surface area contributed by atoms with Crippen LogP contribution in [0.1, 0.15) is 25.7 Å². The predicted molar refractivity (Wildman–Crippen MR) is 71.9 cm³/mol. The number of amides is 1. The van der Waals surface area contributed by atoms with E-state index in [1.807, 2.05) is 0 Å². The van der Waals surface area contributed by atoms with E-state index in [1.165, 1.54) is 0 Å². The van der Waals surface area contributed by atoms with Crippen molar-refractivity contribution in [2.24, 2.45) is 10.8 Å². The van der Waals surface area contributed by atoms with Crippen LogP contribution in [0.3, 0.4) is 0 Å². The number of carbonyl (C=O) groups is 2. The van der Waals surface area contributed by atoms with Gasteiger partial charge in [0.15, 0.2) is 0 Å². The number of nitrogens with zero attached hydrogens (tertiary/aromatic N) is 3. The van der Waals surface area contributed by atoms with E-state index in [9.17, 15) is 9.59 Å². The molecule has 0 aliphatic rings. The van der Waals surface area contributed by atoms with E-state index in [4.69, 9.17) is 21.1 Å². The Kier molecular flexibility index (Phi) is 11.1. The molecule has 114 valence electrons. The Morgan fingerprint density at radius 3 is 2.75 bits per heavy atom. The molecule has 0 aromatic rings. The van der Waals surface area contributed by atoms with Crippen molar-refractivity contribution in [1.29, 1.82) is 0 Å². The molecule has 20 heavy (non-hydrogen) atoms. The number of carboxylic acids is 1. The molecular weight excluding hydrogens is 266 g/mol. The maximum absolute atomic E-state index is 11.5. The molecule has 0 radical (unpaired) electrons. The third kappa shape index (κ3) is 10.1. The highest BCUT2D eigenvalue weighted by Crippen LogP contribution is 2.01. The molecule has 0 aliphatic carbocycles. The summed E-state index contributed by atoms with van der Waals surface area (Å²) in [6, 6.07) is -0.891. The number of carboxylic acid groups (broad SMARTS) is 1. The molecule has 4 N–H and O–H groups in total. The zero-order valence-electron chi connectivity index (χ0n) is 11.3. The van der Waals surface area contributed by atoms with Crippen LogP contribution in [0.25, 0.3) is 10.4 Å². The number of hydrogen-bond donors (Lipinski definition) is 3. The SMILES string of the molecule is [N-]=[N+]=NCCOCCC(=O)N[C@@H](CCCCN)C(=O)O. The number of azide groups is 1. The summed E-state index contributed by atoms with van der Waals surface area (Å²) in [7, 11) is 0. The molecule has 0 fully saturated rings. The van der Waals surface area contributed by atoms with E-state index in [1.54, 1.807) is 0 Å². The third-order valence-electron chi connectivity index (χ3n) is 2.45. The fourth-order valence-corrected chi connectivity index (χ4v) is 1.43. The zero-order chi connectivity index (χ0) is 15.2. The zero-order valence-corrected chi connectivity index (χ0v) is 11.3. The van der Waals surface area contributed by atoms with Crippen LogP contribution in [0, 0.1) is 0 Å². The molecule has 0 bridgehead atoms. The highest BCUT2D eigenvalue weighted by molar-refractivity contribution is 5.83. The number of nitrogens with two attached hydrogens (primary N) is 1. The minimum Gasteiger partial charge on any atom is -0.480 e. The number of hydrogen-bond acceptors (Lipinski definition) is 5. The molecule has 0 aromatic heterocycles. The molecule has 9 nitrogen and oxygen atoms in total. The second-order valence-corrected chi connectivity index (χ2v) is 4.06. The summed E-state index contributed by atoms with van der Waals surface area (Å²) in [5, 5.41) is 14.7. The van der Waals surface area contributed by atoms with Crippen molar-refractivity contribution in [3.05, 3.63) is 10.4 Å². The van der Waals surface area contributed by atoms with Crippen LogP contribution in [-0.2, 0) is 14.3 Å². The summed E-state index contributed by atoms with van der Waals surface area (Å²) in [6.45, 7) is 1.09. The number of rotatable bonds is 12. The minimum atomic E-state index is -1.06. The fourth-order valence-electron chi connectivity index (χ4n) is 1.43. The first-order chi connectivity index (χ1) is 9.61. The topological polar surface area (TPSA) is 150 Å². The first kappa shape index (κ1) is 18.2. The highest BCUT2D eigenvalue weighted by Gasteiger charge is 2.18. The van der Waals surface area contributed by atoms with E-state index in [-0.39, 0.29) is 32.1 Å². The van der Waals surface area contributed by atoms with Gasteiger partial charge in [-0.05, 0) is 31.3 Å². The lowest BCUT2D eigenvalue weighted by molar-refractivity contribution is -0.142. The van der Waals surface area contributed by atoms with Gasteiger partial charge in [0.1, 0.15) is 6.04 Å². The first-order valence-electron chi connectivity index (χ1n) is 6.42. The molecule has 0 spiro atoms. The summed E-state index contributed by atoms with van der Waals surface area (Å²) >= 11 is 0. The molecule has 1 amide bonds. The van der Waals surface area contributed by atoms with E-state index in [2.05, 4.69) is 15.3 Å². The van der Waals surface area contributed by atoms with Crippen LogP contribution in [0.15, 0.2) is 5.11 Å². The summed E-state index contributed by atoms with van der Waals surface area (Å²) in [4.78, 5) is 25.0. The molecule has 0 aromatic carbocycles. The Hall–Kier alpha value is -1.83. The van der Waals surface area contributed by atoms with E-state index < -0.39 is 12.0 Å². The third-order valence-corrected chi connectivity index (χ3v) is 2.45. The van der Waals surface area contributed by atoms with Gasteiger partial charge in [-0.2, -0.15) is 0 Å². The van der Waals surface area contributed by atoms with Crippen LogP contribution in [0.2, 0.25) is 0 Å². The smallest absolute Gasteiger partial charge is 0.326 e. The van der Waals surface area contributed by atoms with Gasteiger partial charge in [0.05, 0.1) is 13.2 Å². The van der Waals surface area contributed by atoms with Gasteiger partial charge in [-0.15, -0.1) is 0 Å². The lowest BCUT2D eigenvalue weighted by atomic mass is 10.1. The van der Waals surface area contributed by atoms with Gasteiger partial charge >= 0.3 is 5.97 Å². The van der Waals surface area contributed by atoms with Gasteiger partial charge < -0.3 is 20.9 Å². The van der Waals surface area contributed by atoms with Crippen LogP contribution in [-0.4, -0.2) is 49.3 Å². The minimum absolute atomic E-state index is 0.0664. The van der Waals surface area contributed by atoms with E-state index >= 15 is 0 Å². The van der Waals surface area contributed by atoms with Gasteiger partial charge in [-0.3, -0.25) is 4.79 Å². The molecule has 0 saturated heterocycles. The number of ether oxygens (including phenoxy) is 1. The highest BCUT2D eigenvalue weighted by atomic mass is 16.5. The largest absolute Gasteiger partial charge is 0.480 e. The lowest BCUT2D eigenvalue weighted by Gasteiger charge is -2.14. The second-order valence-electron chi connectivity index (χ2n) is 4.06. The van der Waals surface area contributed by atoms with Crippen molar-refractivity contribution in [1.82, 2.24) is 5.32 Å². The van der Waals surface area contributed by atoms with Crippen molar-refractivity contribution in [2.45, 2.75) is 31.7 Å². The number of nitrogens with one attached hydrogen (secondary N) is 1. The van der Waals surface area contributed by atoms with Gasteiger partial charge in [0.2, 0.25) is 5.91 Å². The van der Waals surface area contributed by atoms with Crippen molar-refractivity contribution >= 4 is 11.9 Å². The van der Waals surface area contributed by atoms with E-state index in [0.717, 1.165) is 6.42 Å². The first-order valence-corrected chi connectivity index (χ1v) is 6.42. The molecule has 0 aliphatic heterocycles. The van der Waals surface area contributed by atoms with Gasteiger partial charge in [0, 0.05) is 17.9 Å². The van der Waals surface area contributed by atoms with Crippen LogP contribution < -0.4 is 11.1 Å². The van der Waals surface area contributed by atoms with E-state index in [0.29, 0.717) is 19.4 Å². The molecule has 0 saturated carbocycles. The Morgan fingerprint density at radius 1 is 1.40 bits per heavy atom. The Bertz CT molecular complexity index is 344. The summed E-state index contributed by atoms with van der Waals surface area (Å²) in [6.07, 6.45) is 1.80. The van der Waals surface area contributed by atoms with Crippen molar-refractivity contribution in [2.75, 3.05) is 26.3 Å². The standard InChI is InChI=1S/C11H21N5O4/c12-5-2-1-3-9(11(18)19)15-10(17)4-7-20-8-6-14-16-13/h9H,1-8,12H2,(H,15,17)(H,18,19)/t9-/m0/s1. The van der Waals surface area contributed by atoms with Crippen LogP contribution in [0.4, 0.5) is 0 Å². The number of aliphatic carboxylic acids is 1. The molecule has 0 heterocycles. The maximum Gasteiger partial charge on any atom is 0.326 e. The van der Waals surface area contributed by atoms with Crippen molar-refractivity contribution in [3.8, 4) is 0 Å². The molecule has 0 rings (SSSR count).